The van der Waals surface area contributed by atoms with Gasteiger partial charge in [-0.25, -0.2) is 0 Å². The number of amides is 2. The molecule has 0 aromatic heterocycles. The molecule has 1 aliphatic carbocycles. The molecule has 78 valence electrons. The Bertz CT molecular complexity index is 243. The minimum Gasteiger partial charge on any atom is -0.347 e. The number of hydrogen-bond donors (Lipinski definition) is 1. The maximum Gasteiger partial charge on any atom is 0.241 e. The van der Waals surface area contributed by atoms with Gasteiger partial charge in [-0.2, -0.15) is 0 Å². The molecule has 0 spiro atoms. The quantitative estimate of drug-likeness (QED) is 0.697. The molecular formula is C10H16N2O2. The lowest BCUT2D eigenvalue weighted by molar-refractivity contribution is -0.132. The van der Waals surface area contributed by atoms with Gasteiger partial charge in [0.2, 0.25) is 11.8 Å². The normalized spacial score (nSPS) is 21.0. The summed E-state index contributed by atoms with van der Waals surface area (Å²) in [5, 5.41) is 2.69. The van der Waals surface area contributed by atoms with Gasteiger partial charge in [-0.3, -0.25) is 9.59 Å². The van der Waals surface area contributed by atoms with E-state index in [0.29, 0.717) is 0 Å². The van der Waals surface area contributed by atoms with Gasteiger partial charge in [0.15, 0.2) is 0 Å². The second kappa shape index (κ2) is 3.98. The molecule has 2 rings (SSSR count). The highest BCUT2D eigenvalue weighted by molar-refractivity contribution is 5.86. The molecule has 0 aromatic carbocycles. The SMILES string of the molecule is O=C(NCC(=O)N1CCCC1)C1CC1. The molecule has 0 unspecified atom stereocenters. The van der Waals surface area contributed by atoms with Crippen molar-refractivity contribution in [1.29, 1.82) is 0 Å². The Balaban J connectivity index is 1.68. The molecule has 0 aromatic rings. The number of likely N-dealkylation sites (tertiary alicyclic amines) is 1. The fourth-order valence-electron chi connectivity index (χ4n) is 1.73. The third-order valence-corrected chi connectivity index (χ3v) is 2.82. The molecule has 0 atom stereocenters. The van der Waals surface area contributed by atoms with E-state index in [2.05, 4.69) is 5.32 Å². The van der Waals surface area contributed by atoms with E-state index in [0.717, 1.165) is 38.8 Å². The Morgan fingerprint density at radius 1 is 1.21 bits per heavy atom. The van der Waals surface area contributed by atoms with Crippen LogP contribution < -0.4 is 5.32 Å². The van der Waals surface area contributed by atoms with Crippen LogP contribution in [-0.4, -0.2) is 36.3 Å². The van der Waals surface area contributed by atoms with E-state index in [1.807, 2.05) is 4.90 Å². The minimum absolute atomic E-state index is 0.0533. The molecule has 2 amide bonds. The molecule has 4 heteroatoms. The summed E-state index contributed by atoms with van der Waals surface area (Å²) in [4.78, 5) is 24.6. The van der Waals surface area contributed by atoms with Crippen molar-refractivity contribution in [2.45, 2.75) is 25.7 Å². The van der Waals surface area contributed by atoms with E-state index < -0.39 is 0 Å². The lowest BCUT2D eigenvalue weighted by Crippen LogP contribution is -2.39. The maximum atomic E-state index is 11.5. The van der Waals surface area contributed by atoms with Gasteiger partial charge in [-0.05, 0) is 25.7 Å². The van der Waals surface area contributed by atoms with Crippen molar-refractivity contribution in [2.75, 3.05) is 19.6 Å². The zero-order chi connectivity index (χ0) is 9.97. The topological polar surface area (TPSA) is 49.4 Å². The summed E-state index contributed by atoms with van der Waals surface area (Å²) in [6, 6.07) is 0. The molecule has 1 aliphatic heterocycles. The fourth-order valence-corrected chi connectivity index (χ4v) is 1.73. The van der Waals surface area contributed by atoms with Crippen LogP contribution in [0.4, 0.5) is 0 Å². The van der Waals surface area contributed by atoms with Gasteiger partial charge < -0.3 is 10.2 Å². The van der Waals surface area contributed by atoms with E-state index in [1.54, 1.807) is 0 Å². The summed E-state index contributed by atoms with van der Waals surface area (Å²) in [5.74, 6) is 0.315. The number of nitrogens with one attached hydrogen (secondary N) is 1. The van der Waals surface area contributed by atoms with Crippen LogP contribution in [0.5, 0.6) is 0 Å². The number of carbonyl (C=O) groups is 2. The zero-order valence-corrected chi connectivity index (χ0v) is 8.29. The number of nitrogens with zero attached hydrogens (tertiary/aromatic N) is 1. The predicted molar refractivity (Wildman–Crippen MR) is 51.5 cm³/mol. The first-order valence-corrected chi connectivity index (χ1v) is 5.33. The van der Waals surface area contributed by atoms with Crippen molar-refractivity contribution in [3.63, 3.8) is 0 Å². The molecule has 1 N–H and O–H groups in total. The van der Waals surface area contributed by atoms with Gasteiger partial charge in [-0.1, -0.05) is 0 Å². The highest BCUT2D eigenvalue weighted by Crippen LogP contribution is 2.28. The summed E-state index contributed by atoms with van der Waals surface area (Å²) in [6.45, 7) is 1.91. The Kier molecular flexibility index (Phi) is 2.70. The summed E-state index contributed by atoms with van der Waals surface area (Å²) in [7, 11) is 0. The molecule has 1 saturated carbocycles. The Labute approximate surface area is 83.6 Å². The smallest absolute Gasteiger partial charge is 0.241 e. The molecular weight excluding hydrogens is 180 g/mol. The van der Waals surface area contributed by atoms with E-state index >= 15 is 0 Å². The van der Waals surface area contributed by atoms with Gasteiger partial charge in [0.1, 0.15) is 0 Å². The Hall–Kier alpha value is -1.06. The highest BCUT2D eigenvalue weighted by atomic mass is 16.2. The number of carbonyl (C=O) groups excluding carboxylic acids is 2. The second-order valence-corrected chi connectivity index (χ2v) is 4.08. The first kappa shape index (κ1) is 9.49. The van der Waals surface area contributed by atoms with E-state index in [1.165, 1.54) is 0 Å². The molecule has 4 nitrogen and oxygen atoms in total. The van der Waals surface area contributed by atoms with Crippen molar-refractivity contribution >= 4 is 11.8 Å². The van der Waals surface area contributed by atoms with Crippen LogP contribution in [0.1, 0.15) is 25.7 Å². The van der Waals surface area contributed by atoms with Gasteiger partial charge in [0.05, 0.1) is 6.54 Å². The van der Waals surface area contributed by atoms with Crippen molar-refractivity contribution in [3.05, 3.63) is 0 Å². The van der Waals surface area contributed by atoms with E-state index in [9.17, 15) is 9.59 Å². The molecule has 1 heterocycles. The largest absolute Gasteiger partial charge is 0.347 e. The van der Waals surface area contributed by atoms with E-state index in [4.69, 9.17) is 0 Å². The van der Waals surface area contributed by atoms with Crippen LogP contribution in [-0.2, 0) is 9.59 Å². The predicted octanol–water partition coefficient (Wildman–Crippen LogP) is 0.135. The lowest BCUT2D eigenvalue weighted by atomic mass is 10.4. The fraction of sp³-hybridized carbons (Fsp3) is 0.800. The van der Waals surface area contributed by atoms with Gasteiger partial charge in [0.25, 0.3) is 0 Å². The Morgan fingerprint density at radius 2 is 1.86 bits per heavy atom. The van der Waals surface area contributed by atoms with Crippen LogP contribution in [0.3, 0.4) is 0 Å². The third kappa shape index (κ3) is 2.25. The summed E-state index contributed by atoms with van der Waals surface area (Å²) in [6.07, 6.45) is 4.18. The van der Waals surface area contributed by atoms with E-state index in [-0.39, 0.29) is 24.3 Å². The second-order valence-electron chi connectivity index (χ2n) is 4.08. The first-order valence-electron chi connectivity index (χ1n) is 5.33. The highest BCUT2D eigenvalue weighted by Gasteiger charge is 2.30. The van der Waals surface area contributed by atoms with Crippen LogP contribution in [0, 0.1) is 5.92 Å². The first-order chi connectivity index (χ1) is 6.77. The van der Waals surface area contributed by atoms with Crippen molar-refractivity contribution in [2.24, 2.45) is 5.92 Å². The van der Waals surface area contributed by atoms with Crippen LogP contribution >= 0.6 is 0 Å². The Morgan fingerprint density at radius 3 is 2.43 bits per heavy atom. The maximum absolute atomic E-state index is 11.5. The van der Waals surface area contributed by atoms with Crippen LogP contribution in [0.15, 0.2) is 0 Å². The van der Waals surface area contributed by atoms with Crippen molar-refractivity contribution in [1.82, 2.24) is 10.2 Å². The molecule has 0 bridgehead atoms. The zero-order valence-electron chi connectivity index (χ0n) is 8.29. The average Bonchev–Trinajstić information content (AvgIpc) is 2.90. The summed E-state index contributed by atoms with van der Waals surface area (Å²) < 4.78 is 0. The molecule has 0 radical (unpaired) electrons. The van der Waals surface area contributed by atoms with Gasteiger partial charge >= 0.3 is 0 Å². The van der Waals surface area contributed by atoms with Gasteiger partial charge in [-0.15, -0.1) is 0 Å². The monoisotopic (exact) mass is 196 g/mol. The summed E-state index contributed by atoms with van der Waals surface area (Å²) in [5.41, 5.74) is 0. The minimum atomic E-state index is 0.0533. The van der Waals surface area contributed by atoms with Crippen LogP contribution in [0.2, 0.25) is 0 Å². The van der Waals surface area contributed by atoms with Crippen molar-refractivity contribution < 1.29 is 9.59 Å². The average molecular weight is 196 g/mol. The molecule has 1 saturated heterocycles. The standard InChI is InChI=1S/C10H16N2O2/c13-9(12-5-1-2-6-12)7-11-10(14)8-3-4-8/h8H,1-7H2,(H,11,14). The van der Waals surface area contributed by atoms with Crippen molar-refractivity contribution in [3.8, 4) is 0 Å². The number of rotatable bonds is 3. The lowest BCUT2D eigenvalue weighted by Gasteiger charge is -2.15. The number of hydrogen-bond acceptors (Lipinski definition) is 2. The molecule has 2 aliphatic rings. The molecule has 2 fully saturated rings. The van der Waals surface area contributed by atoms with Gasteiger partial charge in [0, 0.05) is 19.0 Å². The third-order valence-electron chi connectivity index (χ3n) is 2.82. The van der Waals surface area contributed by atoms with Crippen LogP contribution in [0.25, 0.3) is 0 Å². The summed E-state index contributed by atoms with van der Waals surface area (Å²) >= 11 is 0. The molecule has 14 heavy (non-hydrogen) atoms.